The van der Waals surface area contributed by atoms with Gasteiger partial charge in [-0.3, -0.25) is 0 Å². The quantitative estimate of drug-likeness (QED) is 0.167. The van der Waals surface area contributed by atoms with Crippen LogP contribution in [0.25, 0.3) is 44.1 Å². The summed E-state index contributed by atoms with van der Waals surface area (Å²) in [5.41, 5.74) is 8.20. The molecule has 5 nitrogen and oxygen atoms in total. The smallest absolute Gasteiger partial charge is 0.151 e. The summed E-state index contributed by atoms with van der Waals surface area (Å²) in [6.07, 6.45) is 0. The number of nitrogens with zero attached hydrogens (tertiary/aromatic N) is 3. The highest BCUT2D eigenvalue weighted by Crippen LogP contribution is 2.62. The van der Waals surface area contributed by atoms with Gasteiger partial charge in [0.15, 0.2) is 23.0 Å². The molecule has 0 saturated carbocycles. The molecule has 0 N–H and O–H groups in total. The number of hydrogen-bond acceptors (Lipinski definition) is 4. The van der Waals surface area contributed by atoms with Crippen molar-refractivity contribution in [3.8, 4) is 45.3 Å². The second kappa shape index (κ2) is 14.5. The lowest BCUT2D eigenvalue weighted by Crippen LogP contribution is -2.33. The first kappa shape index (κ1) is 37.6. The van der Waals surface area contributed by atoms with Gasteiger partial charge in [-0.25, -0.2) is 8.78 Å². The van der Waals surface area contributed by atoms with E-state index in [0.717, 1.165) is 50.1 Å². The lowest BCUT2D eigenvalue weighted by Gasteiger charge is -2.44. The summed E-state index contributed by atoms with van der Waals surface area (Å²) in [5, 5.41) is 2.19. The highest BCUT2D eigenvalue weighted by molar-refractivity contribution is 6.10. The number of anilines is 6. The third-order valence-corrected chi connectivity index (χ3v) is 12.7. The Morgan fingerprint density at radius 2 is 0.703 bits per heavy atom. The van der Waals surface area contributed by atoms with Crippen molar-refractivity contribution in [3.05, 3.63) is 217 Å². The Labute approximate surface area is 369 Å². The summed E-state index contributed by atoms with van der Waals surface area (Å²) in [6.45, 7) is 4.45. The molecule has 64 heavy (non-hydrogen) atoms. The molecule has 0 saturated heterocycles. The van der Waals surface area contributed by atoms with Crippen molar-refractivity contribution in [2.75, 3.05) is 9.80 Å². The molecule has 0 amide bonds. The predicted molar refractivity (Wildman–Crippen MR) is 255 cm³/mol. The maximum atomic E-state index is 17.0. The van der Waals surface area contributed by atoms with Gasteiger partial charge in [-0.2, -0.15) is 0 Å². The SMILES string of the molecule is CC(C)(c1c(N2c3ccccc3Oc3ccccc32)c(-c2ccccc2F)cc(-c2ccccc2F)c1N1c2ccccc2Oc2ccccc21)n1c2ccccc2c2ccccc21. The van der Waals surface area contributed by atoms with Crippen LogP contribution >= 0.6 is 0 Å². The summed E-state index contributed by atoms with van der Waals surface area (Å²) in [5.74, 6) is 1.75. The van der Waals surface area contributed by atoms with Gasteiger partial charge < -0.3 is 23.8 Å². The van der Waals surface area contributed by atoms with Crippen molar-refractivity contribution in [1.29, 1.82) is 0 Å². The van der Waals surface area contributed by atoms with E-state index >= 15 is 8.78 Å². The monoisotopic (exact) mass is 835 g/mol. The first-order chi connectivity index (χ1) is 31.4. The number of halogens is 2. The first-order valence-corrected chi connectivity index (χ1v) is 21.4. The molecule has 0 bridgehead atoms. The molecule has 0 aliphatic carbocycles. The zero-order chi connectivity index (χ0) is 43.1. The zero-order valence-corrected chi connectivity index (χ0v) is 35.0. The van der Waals surface area contributed by atoms with Crippen LogP contribution < -0.4 is 19.3 Å². The number of hydrogen-bond donors (Lipinski definition) is 0. The minimum Gasteiger partial charge on any atom is -0.453 e. The lowest BCUT2D eigenvalue weighted by atomic mass is 9.81. The van der Waals surface area contributed by atoms with E-state index in [-0.39, 0.29) is 0 Å². The van der Waals surface area contributed by atoms with Gasteiger partial charge in [0.25, 0.3) is 0 Å². The van der Waals surface area contributed by atoms with Gasteiger partial charge in [0.1, 0.15) is 11.6 Å². The van der Waals surface area contributed by atoms with Gasteiger partial charge in [0.2, 0.25) is 0 Å². The van der Waals surface area contributed by atoms with Crippen LogP contribution in [0.15, 0.2) is 200 Å². The Morgan fingerprint density at radius 3 is 1.09 bits per heavy atom. The standard InChI is InChI=1S/C57H39F2N3O2/c1-57(2,62-44-25-9-5-21-38(44)39-22-6-10-26-45(39)62)54-55(60-46-27-11-15-31-50(46)63-51-32-16-12-28-47(51)60)40(36-19-3-7-23-42(36)58)35-41(37-20-4-8-24-43(37)59)56(54)61-48-29-13-17-33-52(48)64-53-34-18-14-30-49(53)61/h3-35H,1-2H3. The van der Waals surface area contributed by atoms with Crippen LogP contribution in [0.4, 0.5) is 42.9 Å². The van der Waals surface area contributed by atoms with Crippen LogP contribution in [-0.4, -0.2) is 4.57 Å². The summed E-state index contributed by atoms with van der Waals surface area (Å²) >= 11 is 0. The number of aromatic nitrogens is 1. The molecular formula is C57H39F2N3O2. The Hall–Kier alpha value is -8.16. The zero-order valence-electron chi connectivity index (χ0n) is 35.0. The van der Waals surface area contributed by atoms with Gasteiger partial charge in [-0.05, 0) is 92.7 Å². The van der Waals surface area contributed by atoms with Gasteiger partial charge in [0.05, 0.1) is 39.7 Å². The lowest BCUT2D eigenvalue weighted by molar-refractivity contribution is 0.461. The van der Waals surface area contributed by atoms with Crippen molar-refractivity contribution in [2.45, 2.75) is 19.4 Å². The average Bonchev–Trinajstić information content (AvgIpc) is 3.68. The van der Waals surface area contributed by atoms with E-state index in [4.69, 9.17) is 9.47 Å². The van der Waals surface area contributed by atoms with E-state index in [0.29, 0.717) is 56.6 Å². The van der Waals surface area contributed by atoms with Crippen molar-refractivity contribution in [2.24, 2.45) is 0 Å². The third kappa shape index (κ3) is 5.60. The van der Waals surface area contributed by atoms with E-state index in [1.54, 1.807) is 12.1 Å². The Morgan fingerprint density at radius 1 is 0.375 bits per heavy atom. The minimum absolute atomic E-state index is 0.366. The molecule has 10 aromatic rings. The molecule has 9 aromatic carbocycles. The molecule has 2 aliphatic heterocycles. The minimum atomic E-state index is -1.00. The Bertz CT molecular complexity index is 3190. The highest BCUT2D eigenvalue weighted by Gasteiger charge is 2.43. The van der Waals surface area contributed by atoms with Crippen LogP contribution in [0.1, 0.15) is 19.4 Å². The molecule has 0 atom stereocenters. The molecule has 308 valence electrons. The molecule has 0 unspecified atom stereocenters. The molecular weight excluding hydrogens is 797 g/mol. The third-order valence-electron chi connectivity index (χ3n) is 12.7. The summed E-state index contributed by atoms with van der Waals surface area (Å²) in [6, 6.07) is 64.4. The molecule has 0 spiro atoms. The summed E-state index contributed by atoms with van der Waals surface area (Å²) in [4.78, 5) is 4.43. The van der Waals surface area contributed by atoms with Crippen LogP contribution in [0.3, 0.4) is 0 Å². The molecule has 12 rings (SSSR count). The predicted octanol–water partition coefficient (Wildman–Crippen LogP) is 16.3. The van der Waals surface area contributed by atoms with Crippen LogP contribution in [0, 0.1) is 11.6 Å². The molecule has 3 heterocycles. The van der Waals surface area contributed by atoms with Crippen molar-refractivity contribution < 1.29 is 18.3 Å². The topological polar surface area (TPSA) is 29.9 Å². The fraction of sp³-hybridized carbons (Fsp3) is 0.0526. The van der Waals surface area contributed by atoms with E-state index in [9.17, 15) is 0 Å². The number of ether oxygens (including phenoxy) is 2. The molecule has 0 fully saturated rings. The van der Waals surface area contributed by atoms with Crippen molar-refractivity contribution in [3.63, 3.8) is 0 Å². The molecule has 1 aromatic heterocycles. The number of fused-ring (bicyclic) bond motifs is 7. The van der Waals surface area contributed by atoms with Crippen LogP contribution in [0.2, 0.25) is 0 Å². The maximum Gasteiger partial charge on any atom is 0.151 e. The summed E-state index contributed by atoms with van der Waals surface area (Å²) < 4.78 is 49.8. The highest BCUT2D eigenvalue weighted by atomic mass is 19.1. The molecule has 0 radical (unpaired) electrons. The summed E-state index contributed by atoms with van der Waals surface area (Å²) in [7, 11) is 0. The van der Waals surface area contributed by atoms with Crippen LogP contribution in [0.5, 0.6) is 23.0 Å². The van der Waals surface area contributed by atoms with Crippen molar-refractivity contribution in [1.82, 2.24) is 4.57 Å². The Balaban J connectivity index is 1.37. The van der Waals surface area contributed by atoms with E-state index in [1.165, 1.54) is 12.1 Å². The van der Waals surface area contributed by atoms with Gasteiger partial charge >= 0.3 is 0 Å². The molecule has 2 aliphatic rings. The Kier molecular flexibility index (Phi) is 8.49. The fourth-order valence-corrected chi connectivity index (χ4v) is 10.0. The van der Waals surface area contributed by atoms with E-state index < -0.39 is 17.2 Å². The van der Waals surface area contributed by atoms with Gasteiger partial charge in [-0.15, -0.1) is 0 Å². The maximum absolute atomic E-state index is 17.0. The van der Waals surface area contributed by atoms with Gasteiger partial charge in [0, 0.05) is 49.6 Å². The molecule has 7 heteroatoms. The second-order valence-corrected chi connectivity index (χ2v) is 16.7. The first-order valence-electron chi connectivity index (χ1n) is 21.4. The number of para-hydroxylation sites is 10. The second-order valence-electron chi connectivity index (χ2n) is 16.7. The van der Waals surface area contributed by atoms with Crippen LogP contribution in [-0.2, 0) is 5.54 Å². The largest absolute Gasteiger partial charge is 0.453 e. The van der Waals surface area contributed by atoms with E-state index in [2.05, 4.69) is 76.7 Å². The van der Waals surface area contributed by atoms with Crippen molar-refractivity contribution >= 4 is 55.9 Å². The van der Waals surface area contributed by atoms with Gasteiger partial charge in [-0.1, -0.05) is 121 Å². The normalized spacial score (nSPS) is 12.9. The number of benzene rings is 9. The average molecular weight is 836 g/mol. The fourth-order valence-electron chi connectivity index (χ4n) is 10.0. The van der Waals surface area contributed by atoms with E-state index in [1.807, 2.05) is 127 Å². The number of rotatable bonds is 6.